The van der Waals surface area contributed by atoms with Crippen molar-refractivity contribution in [1.82, 2.24) is 4.90 Å². The molecule has 0 N–H and O–H groups in total. The molecule has 78 valence electrons. The predicted octanol–water partition coefficient (Wildman–Crippen LogP) is 1.71. The minimum Gasteiger partial charge on any atom is -0.291 e. The van der Waals surface area contributed by atoms with Gasteiger partial charge in [0.25, 0.3) is 0 Å². The van der Waals surface area contributed by atoms with E-state index in [1.807, 2.05) is 25.2 Å². The van der Waals surface area contributed by atoms with Crippen LogP contribution in [0.5, 0.6) is 0 Å². The number of nitrogens with zero attached hydrogens (tertiary/aromatic N) is 1. The van der Waals surface area contributed by atoms with E-state index in [-0.39, 0.29) is 5.78 Å². The monoisotopic (exact) mass is 201 g/mol. The van der Waals surface area contributed by atoms with Crippen LogP contribution in [0.3, 0.4) is 0 Å². The Hall–Kier alpha value is -1.59. The fourth-order valence-electron chi connectivity index (χ4n) is 1.25. The Balaban J connectivity index is 2.41. The van der Waals surface area contributed by atoms with Gasteiger partial charge < -0.3 is 0 Å². The van der Waals surface area contributed by atoms with Crippen LogP contribution < -0.4 is 0 Å². The molecule has 0 heterocycles. The number of Topliss-reactive ketones (excluding diaryl/α,β-unsaturated/α-hetero) is 1. The van der Waals surface area contributed by atoms with Gasteiger partial charge >= 0.3 is 0 Å². The molecule has 0 amide bonds. The van der Waals surface area contributed by atoms with E-state index in [1.165, 1.54) is 12.5 Å². The van der Waals surface area contributed by atoms with Crippen LogP contribution in [0.4, 0.5) is 0 Å². The summed E-state index contributed by atoms with van der Waals surface area (Å²) in [6, 6.07) is 10.2. The Morgan fingerprint density at radius 3 is 2.60 bits per heavy atom. The van der Waals surface area contributed by atoms with Crippen LogP contribution in [-0.2, 0) is 11.3 Å². The summed E-state index contributed by atoms with van der Waals surface area (Å²) in [6.07, 6.45) is 0. The lowest BCUT2D eigenvalue weighted by Crippen LogP contribution is -2.17. The van der Waals surface area contributed by atoms with Crippen molar-refractivity contribution < 1.29 is 4.79 Å². The largest absolute Gasteiger partial charge is 0.291 e. The smallest absolute Gasteiger partial charge is 0.202 e. The molecule has 1 rings (SSSR count). The van der Waals surface area contributed by atoms with Crippen LogP contribution >= 0.6 is 0 Å². The molecule has 0 saturated carbocycles. The van der Waals surface area contributed by atoms with Gasteiger partial charge in [-0.1, -0.05) is 36.3 Å². The van der Waals surface area contributed by atoms with Gasteiger partial charge in [-0.15, -0.1) is 0 Å². The molecule has 1 aromatic carbocycles. The molecule has 1 aromatic rings. The summed E-state index contributed by atoms with van der Waals surface area (Å²) < 4.78 is 0. The lowest BCUT2D eigenvalue weighted by molar-refractivity contribution is -0.111. The lowest BCUT2D eigenvalue weighted by atomic mass is 10.2. The maximum Gasteiger partial charge on any atom is 0.202 e. The summed E-state index contributed by atoms with van der Waals surface area (Å²) in [7, 11) is 1.99. The first-order chi connectivity index (χ1) is 7.18. The van der Waals surface area contributed by atoms with Gasteiger partial charge in [-0.25, -0.2) is 0 Å². The van der Waals surface area contributed by atoms with Crippen molar-refractivity contribution in [1.29, 1.82) is 0 Å². The first-order valence-corrected chi connectivity index (χ1v) is 4.90. The second-order valence-electron chi connectivity index (χ2n) is 3.52. The maximum atomic E-state index is 10.6. The quantitative estimate of drug-likeness (QED) is 0.548. The number of carbonyl (C=O) groups excluding carboxylic acids is 1. The van der Waals surface area contributed by atoms with Crippen LogP contribution in [0.1, 0.15) is 12.5 Å². The summed E-state index contributed by atoms with van der Waals surface area (Å²) in [4.78, 5) is 12.7. The lowest BCUT2D eigenvalue weighted by Gasteiger charge is -2.12. The molecule has 0 aliphatic carbocycles. The number of carbonyl (C=O) groups is 1. The Morgan fingerprint density at radius 2 is 2.00 bits per heavy atom. The first kappa shape index (κ1) is 11.5. The molecule has 0 fully saturated rings. The highest BCUT2D eigenvalue weighted by molar-refractivity contribution is 5.93. The molecule has 0 saturated heterocycles. The van der Waals surface area contributed by atoms with Crippen molar-refractivity contribution in [3.05, 3.63) is 35.9 Å². The van der Waals surface area contributed by atoms with Gasteiger partial charge in [-0.05, 0) is 18.5 Å². The van der Waals surface area contributed by atoms with E-state index in [0.29, 0.717) is 6.54 Å². The predicted molar refractivity (Wildman–Crippen MR) is 61.2 cm³/mol. The van der Waals surface area contributed by atoms with E-state index < -0.39 is 0 Å². The van der Waals surface area contributed by atoms with Gasteiger partial charge in [0.05, 0.1) is 6.54 Å². The second-order valence-corrected chi connectivity index (χ2v) is 3.52. The zero-order chi connectivity index (χ0) is 11.1. The number of hydrogen-bond donors (Lipinski definition) is 0. The van der Waals surface area contributed by atoms with Crippen molar-refractivity contribution in [2.75, 3.05) is 13.6 Å². The number of ketones is 1. The highest BCUT2D eigenvalue weighted by Gasteiger charge is 1.96. The van der Waals surface area contributed by atoms with Crippen LogP contribution in [0.25, 0.3) is 0 Å². The summed E-state index contributed by atoms with van der Waals surface area (Å²) in [5, 5.41) is 0. The summed E-state index contributed by atoms with van der Waals surface area (Å²) in [5.74, 6) is 5.28. The summed E-state index contributed by atoms with van der Waals surface area (Å²) >= 11 is 0. The van der Waals surface area contributed by atoms with Crippen molar-refractivity contribution in [2.24, 2.45) is 0 Å². The van der Waals surface area contributed by atoms with Gasteiger partial charge in [0.1, 0.15) is 0 Å². The minimum absolute atomic E-state index is 0.0805. The van der Waals surface area contributed by atoms with E-state index in [9.17, 15) is 4.79 Å². The number of benzene rings is 1. The topological polar surface area (TPSA) is 20.3 Å². The van der Waals surface area contributed by atoms with Gasteiger partial charge in [0, 0.05) is 13.5 Å². The normalized spacial score (nSPS) is 9.53. The van der Waals surface area contributed by atoms with Gasteiger partial charge in [0.2, 0.25) is 5.78 Å². The van der Waals surface area contributed by atoms with E-state index >= 15 is 0 Å². The molecule has 0 aliphatic heterocycles. The highest BCUT2D eigenvalue weighted by atomic mass is 16.1. The van der Waals surface area contributed by atoms with Gasteiger partial charge in [-0.3, -0.25) is 9.69 Å². The molecular formula is C13H15NO. The standard InChI is InChI=1S/C13H15NO/c1-12(15)7-6-10-14(2)11-13-8-4-3-5-9-13/h3-5,8-9H,10-11H2,1-2H3. The second kappa shape index (κ2) is 6.00. The third kappa shape index (κ3) is 4.99. The van der Waals surface area contributed by atoms with Crippen LogP contribution in [0, 0.1) is 11.8 Å². The highest BCUT2D eigenvalue weighted by Crippen LogP contribution is 2.01. The molecule has 0 spiro atoms. The Bertz CT molecular complexity index is 373. The van der Waals surface area contributed by atoms with E-state index in [2.05, 4.69) is 28.9 Å². The molecule has 0 atom stereocenters. The number of hydrogen-bond acceptors (Lipinski definition) is 2. The third-order valence-corrected chi connectivity index (χ3v) is 1.91. The molecule has 0 unspecified atom stereocenters. The molecule has 0 bridgehead atoms. The van der Waals surface area contributed by atoms with Gasteiger partial charge in [-0.2, -0.15) is 0 Å². The minimum atomic E-state index is -0.0805. The molecule has 2 heteroatoms. The average Bonchev–Trinajstić information content (AvgIpc) is 2.18. The molecule has 0 radical (unpaired) electrons. The summed E-state index contributed by atoms with van der Waals surface area (Å²) in [6.45, 7) is 2.95. The summed E-state index contributed by atoms with van der Waals surface area (Å²) in [5.41, 5.74) is 1.25. The molecule has 0 aromatic heterocycles. The fraction of sp³-hybridized carbons (Fsp3) is 0.308. The fourth-order valence-corrected chi connectivity index (χ4v) is 1.25. The van der Waals surface area contributed by atoms with E-state index in [0.717, 1.165) is 6.54 Å². The molecule has 15 heavy (non-hydrogen) atoms. The first-order valence-electron chi connectivity index (χ1n) is 4.90. The van der Waals surface area contributed by atoms with Crippen molar-refractivity contribution in [3.63, 3.8) is 0 Å². The van der Waals surface area contributed by atoms with Crippen molar-refractivity contribution in [3.8, 4) is 11.8 Å². The molecule has 0 aliphatic rings. The van der Waals surface area contributed by atoms with Crippen molar-refractivity contribution >= 4 is 5.78 Å². The Labute approximate surface area is 90.9 Å². The molecule has 2 nitrogen and oxygen atoms in total. The maximum absolute atomic E-state index is 10.6. The van der Waals surface area contributed by atoms with Crippen LogP contribution in [0.2, 0.25) is 0 Å². The molecular weight excluding hydrogens is 186 g/mol. The van der Waals surface area contributed by atoms with Gasteiger partial charge in [0.15, 0.2) is 0 Å². The Morgan fingerprint density at radius 1 is 1.33 bits per heavy atom. The van der Waals surface area contributed by atoms with Crippen molar-refractivity contribution in [2.45, 2.75) is 13.5 Å². The zero-order valence-electron chi connectivity index (χ0n) is 9.16. The Kier molecular flexibility index (Phi) is 4.59. The SMILES string of the molecule is CC(=O)C#CCN(C)Cc1ccccc1. The third-order valence-electron chi connectivity index (χ3n) is 1.91. The number of rotatable bonds is 3. The van der Waals surface area contributed by atoms with Crippen LogP contribution in [-0.4, -0.2) is 24.3 Å². The van der Waals surface area contributed by atoms with E-state index in [4.69, 9.17) is 0 Å². The average molecular weight is 201 g/mol. The zero-order valence-corrected chi connectivity index (χ0v) is 9.16. The van der Waals surface area contributed by atoms with E-state index in [1.54, 1.807) is 0 Å². The van der Waals surface area contributed by atoms with Crippen LogP contribution in [0.15, 0.2) is 30.3 Å².